The zero-order chi connectivity index (χ0) is 19.5. The molecule has 0 unspecified atom stereocenters. The van der Waals surface area contributed by atoms with Crippen molar-refractivity contribution in [1.82, 2.24) is 5.32 Å². The predicted octanol–water partition coefficient (Wildman–Crippen LogP) is 2.24. The summed E-state index contributed by atoms with van der Waals surface area (Å²) in [6, 6.07) is 8.37. The lowest BCUT2D eigenvalue weighted by Gasteiger charge is -2.35. The molecular formula is C18H30N2O4S. The van der Waals surface area contributed by atoms with E-state index in [-0.39, 0.29) is 5.91 Å². The summed E-state index contributed by atoms with van der Waals surface area (Å²) in [5, 5.41) is 2.91. The van der Waals surface area contributed by atoms with Crippen LogP contribution in [0.25, 0.3) is 0 Å². The van der Waals surface area contributed by atoms with Crippen LogP contribution in [-0.2, 0) is 20.7 Å². The van der Waals surface area contributed by atoms with Crippen molar-refractivity contribution in [2.75, 3.05) is 26.3 Å². The van der Waals surface area contributed by atoms with E-state index in [9.17, 15) is 17.8 Å². The van der Waals surface area contributed by atoms with E-state index in [2.05, 4.69) is 32.7 Å². The van der Waals surface area contributed by atoms with Crippen LogP contribution in [0.2, 0.25) is 0 Å². The van der Waals surface area contributed by atoms with Crippen molar-refractivity contribution in [1.29, 1.82) is 0 Å². The number of carbonyl (C=O) groups is 1. The van der Waals surface area contributed by atoms with Crippen LogP contribution in [0, 0.1) is 0 Å². The van der Waals surface area contributed by atoms with Crippen molar-refractivity contribution in [3.8, 4) is 0 Å². The minimum atomic E-state index is -4.13. The SMILES string of the molecule is C=C(C)C(=O)NC[N+](CC)(CC)CC.O=S(=O)([O-])Cc1ccccc1. The van der Waals surface area contributed by atoms with Crippen LogP contribution in [0.1, 0.15) is 33.3 Å². The first-order valence-corrected chi connectivity index (χ1v) is 9.93. The average molecular weight is 371 g/mol. The molecule has 0 fully saturated rings. The number of nitrogens with zero attached hydrogens (tertiary/aromatic N) is 1. The van der Waals surface area contributed by atoms with Gasteiger partial charge in [0.1, 0.15) is 0 Å². The highest BCUT2D eigenvalue weighted by Gasteiger charge is 2.21. The second kappa shape index (κ2) is 11.0. The highest BCUT2D eigenvalue weighted by molar-refractivity contribution is 7.84. The van der Waals surface area contributed by atoms with Crippen LogP contribution >= 0.6 is 0 Å². The quantitative estimate of drug-likeness (QED) is 0.329. The topological polar surface area (TPSA) is 86.3 Å². The van der Waals surface area contributed by atoms with Crippen LogP contribution in [0.4, 0.5) is 0 Å². The van der Waals surface area contributed by atoms with Gasteiger partial charge in [0, 0.05) is 5.57 Å². The molecule has 0 atom stereocenters. The first kappa shape index (κ1) is 23.3. The number of nitrogens with one attached hydrogen (secondary N) is 1. The second-order valence-electron chi connectivity index (χ2n) is 5.92. The fraction of sp³-hybridized carbons (Fsp3) is 0.500. The van der Waals surface area contributed by atoms with E-state index in [1.165, 1.54) is 0 Å². The lowest BCUT2D eigenvalue weighted by atomic mass is 10.2. The summed E-state index contributed by atoms with van der Waals surface area (Å²) in [6.07, 6.45) is 0. The van der Waals surface area contributed by atoms with Gasteiger partial charge < -0.3 is 14.4 Å². The van der Waals surface area contributed by atoms with Gasteiger partial charge in [0.2, 0.25) is 0 Å². The van der Waals surface area contributed by atoms with Gasteiger partial charge in [0.05, 0.1) is 35.5 Å². The fourth-order valence-corrected chi connectivity index (χ4v) is 2.78. The van der Waals surface area contributed by atoms with Gasteiger partial charge >= 0.3 is 0 Å². The number of quaternary nitrogens is 1. The van der Waals surface area contributed by atoms with Gasteiger partial charge in [-0.2, -0.15) is 0 Å². The maximum Gasteiger partial charge on any atom is 0.250 e. The molecule has 1 rings (SSSR count). The molecule has 0 spiro atoms. The summed E-state index contributed by atoms with van der Waals surface area (Å²) < 4.78 is 31.7. The van der Waals surface area contributed by atoms with Crippen LogP contribution in [0.3, 0.4) is 0 Å². The lowest BCUT2D eigenvalue weighted by molar-refractivity contribution is -0.924. The lowest BCUT2D eigenvalue weighted by Crippen LogP contribution is -2.54. The van der Waals surface area contributed by atoms with Crippen molar-refractivity contribution in [3.63, 3.8) is 0 Å². The molecule has 0 aliphatic heterocycles. The Morgan fingerprint density at radius 1 is 1.12 bits per heavy atom. The minimum Gasteiger partial charge on any atom is -0.748 e. The van der Waals surface area contributed by atoms with Gasteiger partial charge in [0.15, 0.2) is 6.67 Å². The molecule has 0 aliphatic rings. The second-order valence-corrected chi connectivity index (χ2v) is 7.33. The number of hydrogen-bond donors (Lipinski definition) is 1. The predicted molar refractivity (Wildman–Crippen MR) is 99.6 cm³/mol. The van der Waals surface area contributed by atoms with E-state index in [0.29, 0.717) is 17.8 Å². The molecule has 0 saturated carbocycles. The van der Waals surface area contributed by atoms with E-state index < -0.39 is 15.9 Å². The first-order valence-electron chi connectivity index (χ1n) is 8.35. The Labute approximate surface area is 151 Å². The van der Waals surface area contributed by atoms with Gasteiger partial charge in [0.25, 0.3) is 5.91 Å². The third-order valence-corrected chi connectivity index (χ3v) is 4.85. The molecule has 7 heteroatoms. The number of amides is 1. The summed E-state index contributed by atoms with van der Waals surface area (Å²) in [7, 11) is -4.13. The molecule has 0 radical (unpaired) electrons. The van der Waals surface area contributed by atoms with Crippen LogP contribution in [-0.4, -0.2) is 49.7 Å². The Morgan fingerprint density at radius 2 is 1.60 bits per heavy atom. The molecule has 25 heavy (non-hydrogen) atoms. The van der Waals surface area contributed by atoms with E-state index in [4.69, 9.17) is 0 Å². The molecule has 6 nitrogen and oxygen atoms in total. The first-order chi connectivity index (χ1) is 11.6. The van der Waals surface area contributed by atoms with E-state index in [0.717, 1.165) is 24.1 Å². The van der Waals surface area contributed by atoms with Crippen molar-refractivity contribution >= 4 is 16.0 Å². The third-order valence-electron chi connectivity index (χ3n) is 4.16. The molecule has 142 valence electrons. The van der Waals surface area contributed by atoms with Crippen LogP contribution in [0.5, 0.6) is 0 Å². The highest BCUT2D eigenvalue weighted by atomic mass is 32.2. The summed E-state index contributed by atoms with van der Waals surface area (Å²) in [6.45, 7) is 15.6. The Kier molecular flexibility index (Phi) is 10.3. The van der Waals surface area contributed by atoms with Crippen LogP contribution < -0.4 is 5.32 Å². The molecule has 0 heterocycles. The summed E-state index contributed by atoms with van der Waals surface area (Å²) in [4.78, 5) is 11.3. The highest BCUT2D eigenvalue weighted by Crippen LogP contribution is 2.04. The zero-order valence-corrected chi connectivity index (χ0v) is 16.4. The van der Waals surface area contributed by atoms with Gasteiger partial charge in [-0.05, 0) is 33.3 Å². The molecule has 1 amide bonds. The standard InChI is InChI=1S/C11H22N2O.C7H8O3S/c1-6-13(7-2,8-3)9-12-11(14)10(4)5;8-11(9,10)6-7-4-2-1-3-5-7/h4,6-9H2,1-3,5H3;1-5H,6H2,(H,8,9,10). The Morgan fingerprint density at radius 3 is 1.96 bits per heavy atom. The number of hydrogen-bond acceptors (Lipinski definition) is 4. The van der Waals surface area contributed by atoms with Gasteiger partial charge in [-0.15, -0.1) is 0 Å². The zero-order valence-electron chi connectivity index (χ0n) is 15.6. The van der Waals surface area contributed by atoms with Gasteiger partial charge in [-0.25, -0.2) is 8.42 Å². The fourth-order valence-electron chi connectivity index (χ4n) is 2.17. The smallest absolute Gasteiger partial charge is 0.250 e. The van der Waals surface area contributed by atoms with E-state index in [1.807, 2.05) is 0 Å². The summed E-state index contributed by atoms with van der Waals surface area (Å²) >= 11 is 0. The normalized spacial score (nSPS) is 11.2. The maximum atomic E-state index is 11.3. The molecule has 0 aliphatic carbocycles. The summed E-state index contributed by atoms with van der Waals surface area (Å²) in [5.41, 5.74) is 1.11. The minimum absolute atomic E-state index is 0.0390. The largest absolute Gasteiger partial charge is 0.748 e. The van der Waals surface area contributed by atoms with Crippen molar-refractivity contribution in [2.24, 2.45) is 0 Å². The van der Waals surface area contributed by atoms with E-state index >= 15 is 0 Å². The molecular weight excluding hydrogens is 340 g/mol. The van der Waals surface area contributed by atoms with Crippen molar-refractivity contribution in [2.45, 2.75) is 33.4 Å². The molecule has 0 saturated heterocycles. The van der Waals surface area contributed by atoms with Gasteiger partial charge in [-0.1, -0.05) is 36.9 Å². The molecule has 1 N–H and O–H groups in total. The summed E-state index contributed by atoms with van der Waals surface area (Å²) in [5.74, 6) is -0.462. The molecule has 1 aromatic carbocycles. The van der Waals surface area contributed by atoms with Crippen LogP contribution in [0.15, 0.2) is 42.5 Å². The molecule has 0 bridgehead atoms. The van der Waals surface area contributed by atoms with Gasteiger partial charge in [-0.3, -0.25) is 4.79 Å². The number of benzene rings is 1. The third kappa shape index (κ3) is 10.0. The average Bonchev–Trinajstić information content (AvgIpc) is 2.56. The Hall–Kier alpha value is -1.70. The van der Waals surface area contributed by atoms with E-state index in [1.54, 1.807) is 37.3 Å². The Bertz CT molecular complexity index is 630. The molecule has 0 aromatic heterocycles. The monoisotopic (exact) mass is 370 g/mol. The van der Waals surface area contributed by atoms with Crippen molar-refractivity contribution in [3.05, 3.63) is 48.0 Å². The number of rotatable bonds is 8. The molecule has 1 aromatic rings. The maximum absolute atomic E-state index is 11.3. The number of carbonyl (C=O) groups excluding carboxylic acids is 1. The van der Waals surface area contributed by atoms with Crippen molar-refractivity contribution < 1.29 is 22.2 Å². The Balaban J connectivity index is 0.000000472.